The Bertz CT molecular complexity index is 605. The minimum Gasteiger partial charge on any atom is -0.466 e. The Morgan fingerprint density at radius 3 is 2.64 bits per heavy atom. The van der Waals surface area contributed by atoms with E-state index in [1.165, 1.54) is 0 Å². The van der Waals surface area contributed by atoms with Gasteiger partial charge in [-0.3, -0.25) is 4.79 Å². The van der Waals surface area contributed by atoms with Gasteiger partial charge in [0.25, 0.3) is 0 Å². The van der Waals surface area contributed by atoms with E-state index in [9.17, 15) is 14.7 Å². The summed E-state index contributed by atoms with van der Waals surface area (Å²) in [6, 6.07) is 8.97. The van der Waals surface area contributed by atoms with Gasteiger partial charge >= 0.3 is 12.1 Å². The number of ether oxygens (including phenoxy) is 2. The predicted molar refractivity (Wildman–Crippen MR) is 90.5 cm³/mol. The molecule has 1 amide bonds. The number of esters is 1. The molecule has 3 aliphatic rings. The molecule has 0 spiro atoms. The fourth-order valence-electron chi connectivity index (χ4n) is 4.18. The number of rotatable bonds is 5. The van der Waals surface area contributed by atoms with Crippen LogP contribution in [0.4, 0.5) is 4.79 Å². The summed E-state index contributed by atoms with van der Waals surface area (Å²) in [4.78, 5) is 24.6. The SMILES string of the molecule is CCOC(=O)[C@@H]1[C@@H]2CC[C@@H](C(O)C2)[C@H]1NC(=O)OCc1ccccc1. The second-order valence-electron chi connectivity index (χ2n) is 6.81. The first-order chi connectivity index (χ1) is 12.1. The molecule has 6 nitrogen and oxygen atoms in total. The molecule has 3 saturated carbocycles. The molecule has 3 fully saturated rings. The van der Waals surface area contributed by atoms with Gasteiger partial charge in [0.2, 0.25) is 0 Å². The Hall–Kier alpha value is -2.08. The number of fused-ring (bicyclic) bond motifs is 3. The van der Waals surface area contributed by atoms with Crippen LogP contribution in [0.2, 0.25) is 0 Å². The number of amides is 1. The molecule has 2 N–H and O–H groups in total. The van der Waals surface area contributed by atoms with Crippen LogP contribution in [-0.2, 0) is 20.9 Å². The molecule has 1 unspecified atom stereocenters. The van der Waals surface area contributed by atoms with Crippen molar-refractivity contribution in [2.45, 2.75) is 44.9 Å². The largest absolute Gasteiger partial charge is 0.466 e. The molecule has 0 aromatic heterocycles. The van der Waals surface area contributed by atoms with Gasteiger partial charge in [-0.15, -0.1) is 0 Å². The van der Waals surface area contributed by atoms with Gasteiger partial charge in [0.05, 0.1) is 24.7 Å². The molecule has 3 aliphatic carbocycles. The molecule has 0 radical (unpaired) electrons. The molecule has 2 bridgehead atoms. The van der Waals surface area contributed by atoms with Crippen LogP contribution in [-0.4, -0.2) is 35.9 Å². The quantitative estimate of drug-likeness (QED) is 0.798. The summed E-state index contributed by atoms with van der Waals surface area (Å²) in [5, 5.41) is 13.1. The van der Waals surface area contributed by atoms with E-state index in [4.69, 9.17) is 9.47 Å². The highest BCUT2D eigenvalue weighted by Crippen LogP contribution is 2.45. The number of benzene rings is 1. The third-order valence-electron chi connectivity index (χ3n) is 5.32. The molecule has 4 rings (SSSR count). The third-order valence-corrected chi connectivity index (χ3v) is 5.32. The van der Waals surface area contributed by atoms with Gasteiger partial charge in [-0.1, -0.05) is 30.3 Å². The first kappa shape index (κ1) is 17.7. The van der Waals surface area contributed by atoms with Gasteiger partial charge in [-0.05, 0) is 37.7 Å². The van der Waals surface area contributed by atoms with E-state index >= 15 is 0 Å². The lowest BCUT2D eigenvalue weighted by molar-refractivity contribution is -0.160. The standard InChI is InChI=1S/C19H25NO5/c1-2-24-18(22)16-13-8-9-14(15(21)10-13)17(16)20-19(23)25-11-12-6-4-3-5-7-12/h3-7,13-17,21H,2,8-11H2,1H3,(H,20,23)/t13-,14+,15?,16-,17-/m1/s1. The first-order valence-electron chi connectivity index (χ1n) is 8.92. The van der Waals surface area contributed by atoms with Crippen molar-refractivity contribution in [3.63, 3.8) is 0 Å². The maximum absolute atomic E-state index is 12.4. The van der Waals surface area contributed by atoms with Gasteiger partial charge < -0.3 is 19.9 Å². The van der Waals surface area contributed by atoms with Crippen molar-refractivity contribution in [2.24, 2.45) is 17.8 Å². The zero-order valence-electron chi connectivity index (χ0n) is 14.4. The van der Waals surface area contributed by atoms with E-state index in [2.05, 4.69) is 5.32 Å². The van der Waals surface area contributed by atoms with Gasteiger partial charge in [0.1, 0.15) is 6.61 Å². The number of aliphatic hydroxyl groups excluding tert-OH is 1. The Morgan fingerprint density at radius 2 is 1.96 bits per heavy atom. The number of nitrogens with one attached hydrogen (secondary N) is 1. The zero-order chi connectivity index (χ0) is 17.8. The minimum atomic E-state index is -0.567. The van der Waals surface area contributed by atoms with E-state index in [0.29, 0.717) is 13.0 Å². The normalized spacial score (nSPS) is 30.6. The summed E-state index contributed by atoms with van der Waals surface area (Å²) in [5.74, 6) is -0.800. The van der Waals surface area contributed by atoms with Crippen LogP contribution in [0.25, 0.3) is 0 Å². The fourth-order valence-corrected chi connectivity index (χ4v) is 4.18. The maximum atomic E-state index is 12.4. The van der Waals surface area contributed by atoms with Crippen molar-refractivity contribution in [1.29, 1.82) is 0 Å². The molecule has 136 valence electrons. The minimum absolute atomic E-state index is 0.0403. The van der Waals surface area contributed by atoms with Crippen molar-refractivity contribution in [3.8, 4) is 0 Å². The number of carbonyl (C=O) groups is 2. The molecule has 0 aliphatic heterocycles. The Kier molecular flexibility index (Phi) is 5.58. The number of hydrogen-bond donors (Lipinski definition) is 2. The summed E-state index contributed by atoms with van der Waals surface area (Å²) >= 11 is 0. The van der Waals surface area contributed by atoms with E-state index in [1.807, 2.05) is 30.3 Å². The lowest BCUT2D eigenvalue weighted by Crippen LogP contribution is -2.60. The van der Waals surface area contributed by atoms with Crippen LogP contribution >= 0.6 is 0 Å². The second kappa shape index (κ2) is 7.87. The lowest BCUT2D eigenvalue weighted by atomic mass is 9.60. The number of hydrogen-bond acceptors (Lipinski definition) is 5. The average Bonchev–Trinajstić information content (AvgIpc) is 2.61. The fraction of sp³-hybridized carbons (Fsp3) is 0.579. The Morgan fingerprint density at radius 1 is 1.20 bits per heavy atom. The van der Waals surface area contributed by atoms with E-state index < -0.39 is 24.2 Å². The monoisotopic (exact) mass is 347 g/mol. The van der Waals surface area contributed by atoms with Crippen molar-refractivity contribution < 1.29 is 24.2 Å². The van der Waals surface area contributed by atoms with Crippen LogP contribution < -0.4 is 5.32 Å². The zero-order valence-corrected chi connectivity index (χ0v) is 14.4. The van der Waals surface area contributed by atoms with Crippen molar-refractivity contribution in [3.05, 3.63) is 35.9 Å². The van der Waals surface area contributed by atoms with Crippen molar-refractivity contribution >= 4 is 12.1 Å². The number of carbonyl (C=O) groups excluding carboxylic acids is 2. The molecule has 6 heteroatoms. The van der Waals surface area contributed by atoms with E-state index in [-0.39, 0.29) is 24.4 Å². The van der Waals surface area contributed by atoms with Crippen LogP contribution in [0.15, 0.2) is 30.3 Å². The highest BCUT2D eigenvalue weighted by atomic mass is 16.5. The summed E-state index contributed by atoms with van der Waals surface area (Å²) < 4.78 is 10.5. The molecule has 1 aromatic carbocycles. The van der Waals surface area contributed by atoms with E-state index in [0.717, 1.165) is 18.4 Å². The maximum Gasteiger partial charge on any atom is 0.407 e. The third kappa shape index (κ3) is 3.95. The molecule has 5 atom stereocenters. The van der Waals surface area contributed by atoms with Crippen LogP contribution in [0.5, 0.6) is 0 Å². The van der Waals surface area contributed by atoms with Crippen molar-refractivity contribution in [1.82, 2.24) is 5.32 Å². The summed E-state index contributed by atoms with van der Waals surface area (Å²) in [6.07, 6.45) is 1.20. The molecule has 0 heterocycles. The summed E-state index contributed by atoms with van der Waals surface area (Å²) in [6.45, 7) is 2.24. The van der Waals surface area contributed by atoms with Gasteiger partial charge in [0, 0.05) is 5.92 Å². The number of alkyl carbamates (subject to hydrolysis) is 1. The predicted octanol–water partition coefficient (Wildman–Crippen LogP) is 2.25. The molecule has 0 saturated heterocycles. The summed E-state index contributed by atoms with van der Waals surface area (Å²) in [7, 11) is 0. The van der Waals surface area contributed by atoms with Crippen molar-refractivity contribution in [2.75, 3.05) is 6.61 Å². The molecule has 25 heavy (non-hydrogen) atoms. The Labute approximate surface area is 147 Å². The van der Waals surface area contributed by atoms with Crippen LogP contribution in [0.3, 0.4) is 0 Å². The molecular weight excluding hydrogens is 322 g/mol. The van der Waals surface area contributed by atoms with E-state index in [1.54, 1.807) is 6.92 Å². The summed E-state index contributed by atoms with van der Waals surface area (Å²) in [5.41, 5.74) is 0.893. The smallest absolute Gasteiger partial charge is 0.407 e. The number of aliphatic hydroxyl groups is 1. The topological polar surface area (TPSA) is 84.9 Å². The van der Waals surface area contributed by atoms with Gasteiger partial charge in [0.15, 0.2) is 0 Å². The Balaban J connectivity index is 1.65. The highest BCUT2D eigenvalue weighted by Gasteiger charge is 2.52. The van der Waals surface area contributed by atoms with Crippen LogP contribution in [0, 0.1) is 17.8 Å². The average molecular weight is 347 g/mol. The lowest BCUT2D eigenvalue weighted by Gasteiger charge is -2.49. The van der Waals surface area contributed by atoms with Gasteiger partial charge in [-0.2, -0.15) is 0 Å². The molecule has 1 aromatic rings. The van der Waals surface area contributed by atoms with Crippen LogP contribution in [0.1, 0.15) is 31.7 Å². The first-order valence-corrected chi connectivity index (χ1v) is 8.92. The second-order valence-corrected chi connectivity index (χ2v) is 6.81. The van der Waals surface area contributed by atoms with Gasteiger partial charge in [-0.25, -0.2) is 4.79 Å². The highest BCUT2D eigenvalue weighted by molar-refractivity contribution is 5.76. The molecular formula is C19H25NO5.